The molecule has 1 amide bonds. The van der Waals surface area contributed by atoms with E-state index in [0.29, 0.717) is 16.8 Å². The van der Waals surface area contributed by atoms with Crippen molar-refractivity contribution in [1.82, 2.24) is 24.0 Å². The van der Waals surface area contributed by atoms with E-state index in [1.165, 1.54) is 35.5 Å². The Morgan fingerprint density at radius 3 is 2.21 bits per heavy atom. The number of benzene rings is 1. The fourth-order valence-corrected chi connectivity index (χ4v) is 5.66. The molecule has 10 heteroatoms. The summed E-state index contributed by atoms with van der Waals surface area (Å²) in [6, 6.07) is 7.79. The standard InChI is InChI=1S/C24H29N5O4S/c1-15(2)21-14-20(22-16(3)26-27(5)23(22)25-21)24(31)28-10-12-29(13-11-28)34(32,33)19-8-6-18(7-9-19)17(4)30/h6-9,14-15H,10-13H2,1-5H3. The Morgan fingerprint density at radius 2 is 1.65 bits per heavy atom. The van der Waals surface area contributed by atoms with Crippen LogP contribution in [-0.2, 0) is 17.1 Å². The fraction of sp³-hybridized carbons (Fsp3) is 0.417. The van der Waals surface area contributed by atoms with Gasteiger partial charge in [-0.2, -0.15) is 9.40 Å². The molecule has 4 rings (SSSR count). The number of sulfonamides is 1. The first-order valence-corrected chi connectivity index (χ1v) is 12.7. The van der Waals surface area contributed by atoms with Crippen molar-refractivity contribution in [2.75, 3.05) is 26.2 Å². The number of amides is 1. The highest BCUT2D eigenvalue weighted by Crippen LogP contribution is 2.27. The Morgan fingerprint density at radius 1 is 1.03 bits per heavy atom. The van der Waals surface area contributed by atoms with Gasteiger partial charge in [0.15, 0.2) is 11.4 Å². The van der Waals surface area contributed by atoms with Gasteiger partial charge in [0.1, 0.15) is 0 Å². The molecule has 0 spiro atoms. The van der Waals surface area contributed by atoms with E-state index in [2.05, 4.69) is 5.10 Å². The smallest absolute Gasteiger partial charge is 0.254 e. The third-order valence-corrected chi connectivity index (χ3v) is 8.15. The van der Waals surface area contributed by atoms with Crippen molar-refractivity contribution in [3.63, 3.8) is 0 Å². The van der Waals surface area contributed by atoms with Gasteiger partial charge >= 0.3 is 0 Å². The molecule has 34 heavy (non-hydrogen) atoms. The number of piperazine rings is 1. The highest BCUT2D eigenvalue weighted by molar-refractivity contribution is 7.89. The zero-order valence-electron chi connectivity index (χ0n) is 20.1. The third-order valence-electron chi connectivity index (χ3n) is 6.23. The number of carbonyl (C=O) groups excluding carboxylic acids is 2. The molecule has 0 saturated carbocycles. The van der Waals surface area contributed by atoms with Crippen LogP contribution in [0.15, 0.2) is 35.2 Å². The summed E-state index contributed by atoms with van der Waals surface area (Å²) in [6.45, 7) is 8.30. The molecule has 0 N–H and O–H groups in total. The van der Waals surface area contributed by atoms with Crippen LogP contribution in [-0.4, -0.2) is 70.3 Å². The van der Waals surface area contributed by atoms with E-state index in [-0.39, 0.29) is 48.7 Å². The van der Waals surface area contributed by atoms with Crippen molar-refractivity contribution in [3.8, 4) is 0 Å². The molecule has 1 aliphatic heterocycles. The van der Waals surface area contributed by atoms with Crippen LogP contribution in [0.5, 0.6) is 0 Å². The second-order valence-electron chi connectivity index (χ2n) is 8.93. The van der Waals surface area contributed by atoms with E-state index in [1.807, 2.05) is 33.9 Å². The third kappa shape index (κ3) is 4.23. The first kappa shape index (κ1) is 24.0. The molecule has 0 radical (unpaired) electrons. The monoisotopic (exact) mass is 483 g/mol. The summed E-state index contributed by atoms with van der Waals surface area (Å²) in [7, 11) is -1.90. The van der Waals surface area contributed by atoms with Crippen molar-refractivity contribution >= 4 is 32.7 Å². The van der Waals surface area contributed by atoms with Crippen LogP contribution >= 0.6 is 0 Å². The molecule has 180 valence electrons. The summed E-state index contributed by atoms with van der Waals surface area (Å²) in [6.07, 6.45) is 0. The maximum Gasteiger partial charge on any atom is 0.254 e. The van der Waals surface area contributed by atoms with Crippen molar-refractivity contribution in [3.05, 3.63) is 52.8 Å². The quantitative estimate of drug-likeness (QED) is 0.517. The maximum atomic E-state index is 13.5. The second kappa shape index (κ2) is 8.92. The lowest BCUT2D eigenvalue weighted by Crippen LogP contribution is -2.50. The van der Waals surface area contributed by atoms with Gasteiger partial charge in [0, 0.05) is 44.5 Å². The minimum Gasteiger partial charge on any atom is -0.336 e. The van der Waals surface area contributed by atoms with Gasteiger partial charge in [-0.1, -0.05) is 26.0 Å². The Hall–Kier alpha value is -3.11. The number of hydrogen-bond donors (Lipinski definition) is 0. The van der Waals surface area contributed by atoms with Crippen molar-refractivity contribution in [2.45, 2.75) is 38.5 Å². The first-order chi connectivity index (χ1) is 16.0. The number of rotatable bonds is 5. The lowest BCUT2D eigenvalue weighted by atomic mass is 10.0. The molecule has 1 saturated heterocycles. The van der Waals surface area contributed by atoms with Gasteiger partial charge < -0.3 is 4.90 Å². The first-order valence-electron chi connectivity index (χ1n) is 11.3. The van der Waals surface area contributed by atoms with Crippen molar-refractivity contribution < 1.29 is 18.0 Å². The molecule has 0 aliphatic carbocycles. The Balaban J connectivity index is 1.56. The number of fused-ring (bicyclic) bond motifs is 1. The topological polar surface area (TPSA) is 105 Å². The molecule has 1 aliphatic rings. The second-order valence-corrected chi connectivity index (χ2v) is 10.9. The molecule has 3 aromatic rings. The zero-order chi connectivity index (χ0) is 24.8. The van der Waals surface area contributed by atoms with Crippen molar-refractivity contribution in [1.29, 1.82) is 0 Å². The van der Waals surface area contributed by atoms with Gasteiger partial charge in [-0.05, 0) is 38.0 Å². The highest BCUT2D eigenvalue weighted by Gasteiger charge is 2.32. The molecule has 3 heterocycles. The van der Waals surface area contributed by atoms with E-state index < -0.39 is 10.0 Å². The maximum absolute atomic E-state index is 13.5. The Kier molecular flexibility index (Phi) is 6.30. The Bertz CT molecular complexity index is 1370. The van der Waals surface area contributed by atoms with E-state index in [4.69, 9.17) is 4.98 Å². The summed E-state index contributed by atoms with van der Waals surface area (Å²) in [5, 5.41) is 5.18. The lowest BCUT2D eigenvalue weighted by molar-refractivity contribution is 0.0699. The minimum absolute atomic E-state index is 0.120. The van der Waals surface area contributed by atoms with Crippen LogP contribution in [0.2, 0.25) is 0 Å². The van der Waals surface area contributed by atoms with E-state index in [9.17, 15) is 18.0 Å². The van der Waals surface area contributed by atoms with Crippen LogP contribution in [0.25, 0.3) is 11.0 Å². The van der Waals surface area contributed by atoms with Crippen LogP contribution in [0.3, 0.4) is 0 Å². The predicted molar refractivity (Wildman–Crippen MR) is 128 cm³/mol. The van der Waals surface area contributed by atoms with Gasteiger partial charge in [-0.3, -0.25) is 14.3 Å². The fourth-order valence-electron chi connectivity index (χ4n) is 4.24. The van der Waals surface area contributed by atoms with Crippen molar-refractivity contribution in [2.24, 2.45) is 7.05 Å². The van der Waals surface area contributed by atoms with Crippen LogP contribution < -0.4 is 0 Å². The normalized spacial score (nSPS) is 15.3. The van der Waals surface area contributed by atoms with Crippen LogP contribution in [0.1, 0.15) is 58.8 Å². The molecule has 0 unspecified atom stereocenters. The number of Topliss-reactive ketones (excluding diaryl/α,β-unsaturated/α-hetero) is 1. The van der Waals surface area contributed by atoms with Gasteiger partial charge in [0.25, 0.3) is 5.91 Å². The molecule has 0 bridgehead atoms. The van der Waals surface area contributed by atoms with E-state index in [0.717, 1.165) is 16.8 Å². The number of pyridine rings is 1. The summed E-state index contributed by atoms with van der Waals surface area (Å²) in [5.74, 6) is -0.124. The number of nitrogens with zero attached hydrogens (tertiary/aromatic N) is 5. The summed E-state index contributed by atoms with van der Waals surface area (Å²) in [4.78, 5) is 31.5. The molecule has 0 atom stereocenters. The van der Waals surface area contributed by atoms with Gasteiger partial charge in [-0.25, -0.2) is 13.4 Å². The number of hydrogen-bond acceptors (Lipinski definition) is 6. The number of ketones is 1. The van der Waals surface area contributed by atoms with Crippen LogP contribution in [0.4, 0.5) is 0 Å². The van der Waals surface area contributed by atoms with Gasteiger partial charge in [0.2, 0.25) is 10.0 Å². The molecule has 2 aromatic heterocycles. The molecule has 9 nitrogen and oxygen atoms in total. The van der Waals surface area contributed by atoms with E-state index in [1.54, 1.807) is 9.58 Å². The van der Waals surface area contributed by atoms with E-state index >= 15 is 0 Å². The largest absolute Gasteiger partial charge is 0.336 e. The SMILES string of the molecule is CC(=O)c1ccc(S(=O)(=O)N2CCN(C(=O)c3cc(C(C)C)nc4c3c(C)nn4C)CC2)cc1. The number of aromatic nitrogens is 3. The molecular formula is C24H29N5O4S. The molecule has 1 fully saturated rings. The minimum atomic E-state index is -3.71. The average molecular weight is 484 g/mol. The number of aryl methyl sites for hydroxylation is 2. The lowest BCUT2D eigenvalue weighted by Gasteiger charge is -2.34. The Labute approximate surface area is 199 Å². The molecular weight excluding hydrogens is 454 g/mol. The zero-order valence-corrected chi connectivity index (χ0v) is 20.9. The summed E-state index contributed by atoms with van der Waals surface area (Å²) < 4.78 is 29.2. The predicted octanol–water partition coefficient (Wildman–Crippen LogP) is 2.75. The highest BCUT2D eigenvalue weighted by atomic mass is 32.2. The van der Waals surface area contributed by atoms with Gasteiger partial charge in [-0.15, -0.1) is 0 Å². The summed E-state index contributed by atoms with van der Waals surface area (Å²) in [5.41, 5.74) is 3.23. The van der Waals surface area contributed by atoms with Gasteiger partial charge in [0.05, 0.1) is 21.5 Å². The summed E-state index contributed by atoms with van der Waals surface area (Å²) >= 11 is 0. The van der Waals surface area contributed by atoms with Crippen LogP contribution in [0, 0.1) is 6.92 Å². The molecule has 1 aromatic carbocycles. The number of carbonyl (C=O) groups is 2. The average Bonchev–Trinajstić information content (AvgIpc) is 3.11.